The van der Waals surface area contributed by atoms with Crippen LogP contribution in [0.3, 0.4) is 0 Å². The van der Waals surface area contributed by atoms with Crippen molar-refractivity contribution < 1.29 is 15.0 Å². The molecule has 0 saturated heterocycles. The number of nitro groups is 2. The molecule has 0 spiro atoms. The van der Waals surface area contributed by atoms with E-state index in [1.165, 1.54) is 0 Å². The highest BCUT2D eigenvalue weighted by molar-refractivity contribution is 5.95. The molecule has 0 amide bonds. The van der Waals surface area contributed by atoms with Crippen LogP contribution in [0.25, 0.3) is 10.9 Å². The summed E-state index contributed by atoms with van der Waals surface area (Å²) in [6.45, 7) is 4.25. The smallest absolute Gasteiger partial charge is 0.303 e. The molecule has 10 heteroatoms. The highest BCUT2D eigenvalue weighted by Crippen LogP contribution is 2.41. The van der Waals surface area contributed by atoms with Crippen LogP contribution in [0.4, 0.5) is 22.7 Å². The summed E-state index contributed by atoms with van der Waals surface area (Å²) in [7, 11) is 0. The fourth-order valence-corrected chi connectivity index (χ4v) is 2.82. The van der Waals surface area contributed by atoms with Crippen molar-refractivity contribution in [2.75, 3.05) is 0 Å². The van der Waals surface area contributed by atoms with Crippen LogP contribution in [0.15, 0.2) is 46.6 Å². The molecule has 1 heterocycles. The van der Waals surface area contributed by atoms with E-state index in [0.717, 1.165) is 29.3 Å². The Labute approximate surface area is 152 Å². The van der Waals surface area contributed by atoms with E-state index in [-0.39, 0.29) is 17.3 Å². The van der Waals surface area contributed by atoms with Gasteiger partial charge in [-0.3, -0.25) is 20.2 Å². The number of hydrogen-bond donors (Lipinski definition) is 1. The van der Waals surface area contributed by atoms with Crippen LogP contribution in [0.1, 0.15) is 12.5 Å². The average molecular weight is 369 g/mol. The van der Waals surface area contributed by atoms with Crippen molar-refractivity contribution in [1.29, 1.82) is 0 Å². The number of azo groups is 1. The van der Waals surface area contributed by atoms with E-state index >= 15 is 0 Å². The Hall–Kier alpha value is -3.82. The van der Waals surface area contributed by atoms with Crippen LogP contribution in [0, 0.1) is 27.2 Å². The highest BCUT2D eigenvalue weighted by Gasteiger charge is 2.20. The highest BCUT2D eigenvalue weighted by atomic mass is 16.6. The van der Waals surface area contributed by atoms with Gasteiger partial charge in [0.05, 0.1) is 21.4 Å². The molecule has 0 aliphatic rings. The molecule has 0 bridgehead atoms. The number of nitro benzene ring substituents is 2. The molecule has 0 atom stereocenters. The zero-order valence-electron chi connectivity index (χ0n) is 14.5. The van der Waals surface area contributed by atoms with Gasteiger partial charge in [0.2, 0.25) is 5.88 Å². The molecule has 0 saturated carbocycles. The molecule has 0 radical (unpaired) electrons. The second-order valence-corrected chi connectivity index (χ2v) is 5.82. The van der Waals surface area contributed by atoms with Gasteiger partial charge in [-0.1, -0.05) is 11.6 Å². The number of nitrogens with zero attached hydrogens (tertiary/aromatic N) is 5. The van der Waals surface area contributed by atoms with Gasteiger partial charge in [-0.2, -0.15) is 0 Å². The molecule has 0 fully saturated rings. The molecule has 3 aromatic rings. The van der Waals surface area contributed by atoms with E-state index in [4.69, 9.17) is 0 Å². The summed E-state index contributed by atoms with van der Waals surface area (Å²) in [5.41, 5.74) is 0.795. The van der Waals surface area contributed by atoms with Gasteiger partial charge >= 0.3 is 5.69 Å². The summed E-state index contributed by atoms with van der Waals surface area (Å²) in [6, 6.07) is 8.67. The van der Waals surface area contributed by atoms with Crippen LogP contribution < -0.4 is 0 Å². The molecule has 138 valence electrons. The van der Waals surface area contributed by atoms with E-state index in [9.17, 15) is 25.3 Å². The number of aryl methyl sites for hydroxylation is 2. The van der Waals surface area contributed by atoms with Crippen LogP contribution in [-0.4, -0.2) is 19.5 Å². The maximum absolute atomic E-state index is 11.2. The van der Waals surface area contributed by atoms with E-state index in [2.05, 4.69) is 10.2 Å². The summed E-state index contributed by atoms with van der Waals surface area (Å²) in [6.07, 6.45) is 0. The molecule has 2 aromatic carbocycles. The van der Waals surface area contributed by atoms with E-state index in [1.807, 2.05) is 32.0 Å². The quantitative estimate of drug-likeness (QED) is 0.387. The standard InChI is InChI=1S/C17H15N5O5/c1-3-20-14-7-4-10(2)8-12(14)16(17(20)23)19-18-13-6-5-11(21(24)25)9-15(13)22(26)27/h4-9,23H,3H2,1-2H3. The lowest BCUT2D eigenvalue weighted by Gasteiger charge is -2.01. The zero-order chi connectivity index (χ0) is 19.7. The normalized spacial score (nSPS) is 11.3. The predicted molar refractivity (Wildman–Crippen MR) is 97.9 cm³/mol. The van der Waals surface area contributed by atoms with Crippen molar-refractivity contribution in [3.05, 3.63) is 62.2 Å². The van der Waals surface area contributed by atoms with Crippen LogP contribution in [0.2, 0.25) is 0 Å². The predicted octanol–water partition coefficient (Wildman–Crippen LogP) is 4.91. The topological polar surface area (TPSA) is 136 Å². The first-order valence-corrected chi connectivity index (χ1v) is 7.99. The lowest BCUT2D eigenvalue weighted by molar-refractivity contribution is -0.393. The summed E-state index contributed by atoms with van der Waals surface area (Å²) >= 11 is 0. The minimum Gasteiger partial charge on any atom is -0.493 e. The second kappa shape index (κ2) is 6.83. The number of fused-ring (bicyclic) bond motifs is 1. The molecular weight excluding hydrogens is 354 g/mol. The van der Waals surface area contributed by atoms with E-state index < -0.39 is 21.2 Å². The third kappa shape index (κ3) is 3.19. The van der Waals surface area contributed by atoms with Crippen LogP contribution in [0.5, 0.6) is 5.88 Å². The lowest BCUT2D eigenvalue weighted by Crippen LogP contribution is -1.92. The van der Waals surface area contributed by atoms with Crippen molar-refractivity contribution in [2.24, 2.45) is 10.2 Å². The summed E-state index contributed by atoms with van der Waals surface area (Å²) in [4.78, 5) is 20.5. The van der Waals surface area contributed by atoms with Crippen LogP contribution >= 0.6 is 0 Å². The Morgan fingerprint density at radius 1 is 1.07 bits per heavy atom. The van der Waals surface area contributed by atoms with Gasteiger partial charge in [0.25, 0.3) is 5.69 Å². The molecular formula is C17H15N5O5. The van der Waals surface area contributed by atoms with Crippen molar-refractivity contribution in [1.82, 2.24) is 4.57 Å². The van der Waals surface area contributed by atoms with Gasteiger partial charge in [0, 0.05) is 18.0 Å². The minimum atomic E-state index is -0.763. The lowest BCUT2D eigenvalue weighted by atomic mass is 10.1. The first-order chi connectivity index (χ1) is 12.8. The van der Waals surface area contributed by atoms with Crippen molar-refractivity contribution in [3.63, 3.8) is 0 Å². The molecule has 1 N–H and O–H groups in total. The summed E-state index contributed by atoms with van der Waals surface area (Å²) < 4.78 is 1.65. The van der Waals surface area contributed by atoms with E-state index in [1.54, 1.807) is 4.57 Å². The second-order valence-electron chi connectivity index (χ2n) is 5.82. The van der Waals surface area contributed by atoms with Gasteiger partial charge in [0.15, 0.2) is 11.4 Å². The van der Waals surface area contributed by atoms with Gasteiger partial charge in [-0.15, -0.1) is 10.2 Å². The van der Waals surface area contributed by atoms with Gasteiger partial charge in [-0.05, 0) is 32.0 Å². The summed E-state index contributed by atoms with van der Waals surface area (Å²) in [5, 5.41) is 41.0. The molecule has 0 aliphatic heterocycles. The molecule has 3 rings (SSSR count). The van der Waals surface area contributed by atoms with Gasteiger partial charge in [-0.25, -0.2) is 0 Å². The Balaban J connectivity index is 2.14. The monoisotopic (exact) mass is 369 g/mol. The van der Waals surface area contributed by atoms with Crippen molar-refractivity contribution in [2.45, 2.75) is 20.4 Å². The Morgan fingerprint density at radius 3 is 2.44 bits per heavy atom. The molecule has 1 aromatic heterocycles. The Morgan fingerprint density at radius 2 is 1.81 bits per heavy atom. The molecule has 27 heavy (non-hydrogen) atoms. The first kappa shape index (κ1) is 18.0. The molecule has 0 unspecified atom stereocenters. The van der Waals surface area contributed by atoms with Gasteiger partial charge < -0.3 is 9.67 Å². The fourth-order valence-electron chi connectivity index (χ4n) is 2.82. The zero-order valence-corrected chi connectivity index (χ0v) is 14.5. The first-order valence-electron chi connectivity index (χ1n) is 7.99. The largest absolute Gasteiger partial charge is 0.493 e. The fraction of sp³-hybridized carbons (Fsp3) is 0.176. The number of benzene rings is 2. The number of aromatic hydroxyl groups is 1. The SMILES string of the molecule is CCn1c(O)c(N=Nc2ccc([N+](=O)[O-])cc2[N+](=O)[O-])c2cc(C)ccc21. The van der Waals surface area contributed by atoms with Crippen molar-refractivity contribution >= 4 is 33.7 Å². The Bertz CT molecular complexity index is 1100. The maximum Gasteiger partial charge on any atom is 0.303 e. The third-order valence-electron chi connectivity index (χ3n) is 4.11. The maximum atomic E-state index is 11.2. The van der Waals surface area contributed by atoms with E-state index in [0.29, 0.717) is 11.9 Å². The Kier molecular flexibility index (Phi) is 4.55. The number of non-ortho nitro benzene ring substituents is 1. The number of rotatable bonds is 5. The van der Waals surface area contributed by atoms with Crippen LogP contribution in [-0.2, 0) is 6.54 Å². The summed E-state index contributed by atoms with van der Waals surface area (Å²) in [5.74, 6) is -0.105. The number of aromatic nitrogens is 1. The number of hydrogen-bond acceptors (Lipinski definition) is 7. The van der Waals surface area contributed by atoms with Gasteiger partial charge in [0.1, 0.15) is 0 Å². The minimum absolute atomic E-state index is 0.105. The molecule has 10 nitrogen and oxygen atoms in total. The molecule has 0 aliphatic carbocycles. The van der Waals surface area contributed by atoms with Crippen molar-refractivity contribution in [3.8, 4) is 5.88 Å². The third-order valence-corrected chi connectivity index (χ3v) is 4.11. The average Bonchev–Trinajstić information content (AvgIpc) is 2.89.